The highest BCUT2D eigenvalue weighted by Gasteiger charge is 2.30. The van der Waals surface area contributed by atoms with E-state index in [4.69, 9.17) is 0 Å². The van der Waals surface area contributed by atoms with Gasteiger partial charge in [0.05, 0.1) is 17.2 Å². The van der Waals surface area contributed by atoms with Gasteiger partial charge in [-0.15, -0.1) is 0 Å². The number of rotatable bonds is 5. The molecule has 0 aliphatic carbocycles. The van der Waals surface area contributed by atoms with Crippen LogP contribution in [0.4, 0.5) is 0 Å². The molecule has 7 heteroatoms. The summed E-state index contributed by atoms with van der Waals surface area (Å²) >= 11 is 0. The zero-order valence-corrected chi connectivity index (χ0v) is 20.2. The summed E-state index contributed by atoms with van der Waals surface area (Å²) in [5.74, 6) is 0.188. The summed E-state index contributed by atoms with van der Waals surface area (Å²) in [6.07, 6.45) is 14.7. The highest BCUT2D eigenvalue weighted by atomic mass is 31.1. The second-order valence-corrected chi connectivity index (χ2v) is 10.3. The van der Waals surface area contributed by atoms with Crippen LogP contribution < -0.4 is 0 Å². The SMILES string of the molecule is CCCN1CCN(C2=CN3C(=O)C=C(c4cc(CC)c5nc(C)cn5c4)PC3C=C2)CC1. The van der Waals surface area contributed by atoms with Crippen LogP contribution in [-0.2, 0) is 11.2 Å². The minimum absolute atomic E-state index is 0.0789. The summed E-state index contributed by atoms with van der Waals surface area (Å²) in [5, 5.41) is 1.13. The summed E-state index contributed by atoms with van der Waals surface area (Å²) in [5.41, 5.74) is 5.55. The molecule has 3 aliphatic rings. The van der Waals surface area contributed by atoms with Gasteiger partial charge in [-0.25, -0.2) is 4.98 Å². The molecule has 2 atom stereocenters. The quantitative estimate of drug-likeness (QED) is 0.651. The zero-order valence-electron chi connectivity index (χ0n) is 19.2. The van der Waals surface area contributed by atoms with Crippen LogP contribution >= 0.6 is 8.58 Å². The molecular weight excluding hydrogens is 417 g/mol. The van der Waals surface area contributed by atoms with Gasteiger partial charge in [-0.05, 0) is 54.9 Å². The third kappa shape index (κ3) is 4.02. The number of fused-ring (bicyclic) bond motifs is 2. The third-order valence-corrected chi connectivity index (χ3v) is 8.07. The first kappa shape index (κ1) is 21.4. The monoisotopic (exact) mass is 449 g/mol. The van der Waals surface area contributed by atoms with Gasteiger partial charge in [0, 0.05) is 50.8 Å². The second-order valence-electron chi connectivity index (χ2n) is 8.86. The molecule has 168 valence electrons. The number of nitrogens with zero attached hydrogens (tertiary/aromatic N) is 5. The Kier molecular flexibility index (Phi) is 5.92. The first-order chi connectivity index (χ1) is 15.6. The molecule has 2 aromatic rings. The van der Waals surface area contributed by atoms with Crippen molar-refractivity contribution >= 4 is 25.4 Å². The van der Waals surface area contributed by atoms with Crippen LogP contribution in [0.1, 0.15) is 37.1 Å². The lowest BCUT2D eigenvalue weighted by atomic mass is 10.1. The van der Waals surface area contributed by atoms with E-state index < -0.39 is 0 Å². The van der Waals surface area contributed by atoms with Gasteiger partial charge in [0.15, 0.2) is 0 Å². The number of carbonyl (C=O) groups is 1. The Morgan fingerprint density at radius 2 is 1.97 bits per heavy atom. The van der Waals surface area contributed by atoms with Gasteiger partial charge in [-0.2, -0.15) is 0 Å². The number of pyridine rings is 1. The fourth-order valence-electron chi connectivity index (χ4n) is 4.86. The number of aromatic nitrogens is 2. The average Bonchev–Trinajstić information content (AvgIpc) is 3.19. The van der Waals surface area contributed by atoms with E-state index in [0.29, 0.717) is 8.58 Å². The second kappa shape index (κ2) is 8.84. The molecule has 6 nitrogen and oxygen atoms in total. The smallest absolute Gasteiger partial charge is 0.252 e. The van der Waals surface area contributed by atoms with Crippen LogP contribution in [0.5, 0.6) is 0 Å². The normalized spacial score (nSPS) is 22.5. The van der Waals surface area contributed by atoms with Gasteiger partial charge in [-0.1, -0.05) is 28.5 Å². The number of hydrogen-bond donors (Lipinski definition) is 0. The minimum Gasteiger partial charge on any atom is -0.368 e. The predicted octanol–water partition coefficient (Wildman–Crippen LogP) is 3.83. The molecule has 0 spiro atoms. The van der Waals surface area contributed by atoms with E-state index in [0.717, 1.165) is 60.5 Å². The Bertz CT molecular complexity index is 1120. The van der Waals surface area contributed by atoms with Crippen molar-refractivity contribution < 1.29 is 4.79 Å². The van der Waals surface area contributed by atoms with Crippen LogP contribution in [0, 0.1) is 6.92 Å². The summed E-state index contributed by atoms with van der Waals surface area (Å²) in [6, 6.07) is 2.22. The van der Waals surface area contributed by atoms with E-state index in [1.165, 1.54) is 18.5 Å². The Labute approximate surface area is 192 Å². The number of carbonyl (C=O) groups excluding carboxylic acids is 1. The molecule has 32 heavy (non-hydrogen) atoms. The minimum atomic E-state index is 0.0789. The maximum absolute atomic E-state index is 13.1. The largest absolute Gasteiger partial charge is 0.368 e. The molecule has 2 aromatic heterocycles. The number of amides is 1. The first-order valence-corrected chi connectivity index (χ1v) is 12.8. The molecule has 5 rings (SSSR count). The van der Waals surface area contributed by atoms with E-state index in [1.807, 2.05) is 17.9 Å². The summed E-state index contributed by atoms with van der Waals surface area (Å²) in [7, 11) is 0.530. The van der Waals surface area contributed by atoms with Gasteiger partial charge in [0.1, 0.15) is 5.65 Å². The summed E-state index contributed by atoms with van der Waals surface area (Å²) in [6.45, 7) is 11.8. The van der Waals surface area contributed by atoms with Crippen molar-refractivity contribution in [1.82, 2.24) is 24.1 Å². The lowest BCUT2D eigenvalue weighted by Crippen LogP contribution is -2.47. The molecule has 1 fully saturated rings. The number of piperazine rings is 1. The van der Waals surface area contributed by atoms with Crippen molar-refractivity contribution in [2.75, 3.05) is 32.7 Å². The van der Waals surface area contributed by atoms with Gasteiger partial charge < -0.3 is 14.2 Å². The van der Waals surface area contributed by atoms with Crippen LogP contribution in [0.2, 0.25) is 0 Å². The molecule has 1 amide bonds. The van der Waals surface area contributed by atoms with Crippen molar-refractivity contribution in [3.63, 3.8) is 0 Å². The molecule has 5 heterocycles. The van der Waals surface area contributed by atoms with E-state index in [1.54, 1.807) is 0 Å². The van der Waals surface area contributed by atoms with Crippen molar-refractivity contribution in [3.8, 4) is 0 Å². The third-order valence-electron chi connectivity index (χ3n) is 6.56. The van der Waals surface area contributed by atoms with Crippen LogP contribution in [-0.4, -0.2) is 68.5 Å². The van der Waals surface area contributed by atoms with E-state index >= 15 is 0 Å². The lowest BCUT2D eigenvalue weighted by molar-refractivity contribution is -0.123. The lowest BCUT2D eigenvalue weighted by Gasteiger charge is -2.40. The van der Waals surface area contributed by atoms with Crippen molar-refractivity contribution in [2.24, 2.45) is 0 Å². The van der Waals surface area contributed by atoms with Gasteiger partial charge >= 0.3 is 0 Å². The fraction of sp³-hybridized carbons (Fsp3) is 0.440. The Hall–Kier alpha value is -2.43. The van der Waals surface area contributed by atoms with E-state index in [-0.39, 0.29) is 11.7 Å². The van der Waals surface area contributed by atoms with Crippen LogP contribution in [0.15, 0.2) is 48.6 Å². The molecule has 3 aliphatic heterocycles. The van der Waals surface area contributed by atoms with Crippen molar-refractivity contribution in [3.05, 3.63) is 65.4 Å². The van der Waals surface area contributed by atoms with E-state index in [2.05, 4.69) is 69.8 Å². The van der Waals surface area contributed by atoms with Gasteiger partial charge in [-0.3, -0.25) is 9.69 Å². The number of aryl methyl sites for hydroxylation is 2. The molecular formula is C25H32N5OP. The molecule has 0 radical (unpaired) electrons. The molecule has 0 bridgehead atoms. The maximum Gasteiger partial charge on any atom is 0.252 e. The molecule has 1 saturated heterocycles. The number of allylic oxidation sites excluding steroid dienone is 1. The molecule has 2 unspecified atom stereocenters. The Morgan fingerprint density at radius 3 is 2.72 bits per heavy atom. The Morgan fingerprint density at radius 1 is 1.16 bits per heavy atom. The molecule has 0 saturated carbocycles. The number of imidazole rings is 1. The zero-order chi connectivity index (χ0) is 22.2. The molecule has 0 N–H and O–H groups in total. The predicted molar refractivity (Wildman–Crippen MR) is 132 cm³/mol. The highest BCUT2D eigenvalue weighted by molar-refractivity contribution is 7.51. The number of hydrogen-bond acceptors (Lipinski definition) is 4. The standard InChI is InChI=1S/C25H32N5OP/c1-4-8-27-9-11-28(12-10-27)21-6-7-24-30(17-21)23(31)14-22(32-24)20-13-19(5-2)25-26-18(3)15-29(25)16-20/h6-7,13-17,24,32H,4-5,8-12H2,1-3H3. The Balaban J connectivity index is 1.37. The van der Waals surface area contributed by atoms with Gasteiger partial charge in [0.2, 0.25) is 0 Å². The van der Waals surface area contributed by atoms with Crippen LogP contribution in [0.3, 0.4) is 0 Å². The topological polar surface area (TPSA) is 44.1 Å². The fourth-order valence-corrected chi connectivity index (χ4v) is 6.23. The highest BCUT2D eigenvalue weighted by Crippen LogP contribution is 2.45. The molecule has 0 aromatic carbocycles. The van der Waals surface area contributed by atoms with E-state index in [9.17, 15) is 4.79 Å². The van der Waals surface area contributed by atoms with Crippen molar-refractivity contribution in [1.29, 1.82) is 0 Å². The van der Waals surface area contributed by atoms with Crippen molar-refractivity contribution in [2.45, 2.75) is 39.4 Å². The average molecular weight is 450 g/mol. The van der Waals surface area contributed by atoms with Gasteiger partial charge in [0.25, 0.3) is 5.91 Å². The first-order valence-electron chi connectivity index (χ1n) is 11.7. The summed E-state index contributed by atoms with van der Waals surface area (Å²) in [4.78, 5) is 24.7. The maximum atomic E-state index is 13.1. The van der Waals surface area contributed by atoms with Crippen LogP contribution in [0.25, 0.3) is 11.0 Å². The summed E-state index contributed by atoms with van der Waals surface area (Å²) < 4.78 is 2.11.